The summed E-state index contributed by atoms with van der Waals surface area (Å²) in [5.41, 5.74) is 0.0830. The van der Waals surface area contributed by atoms with Gasteiger partial charge in [-0.25, -0.2) is 9.59 Å². The summed E-state index contributed by atoms with van der Waals surface area (Å²) in [5, 5.41) is 20.3. The monoisotopic (exact) mass is 519 g/mol. The van der Waals surface area contributed by atoms with E-state index in [1.165, 1.54) is 82.3 Å². The van der Waals surface area contributed by atoms with Crippen LogP contribution in [0.25, 0.3) is 0 Å². The van der Waals surface area contributed by atoms with Crippen molar-refractivity contribution in [2.75, 3.05) is 6.61 Å². The molecule has 1 unspecified atom stereocenters. The Kier molecular flexibility index (Phi) is 14.3. The molecule has 2 N–H and O–H groups in total. The van der Waals surface area contributed by atoms with Crippen LogP contribution in [0.4, 0.5) is 0 Å². The van der Waals surface area contributed by atoms with E-state index in [1.807, 2.05) is 0 Å². The van der Waals surface area contributed by atoms with Gasteiger partial charge in [0.15, 0.2) is 6.10 Å². The lowest BCUT2D eigenvalue weighted by Gasteiger charge is -2.19. The topological polar surface area (TPSA) is 132 Å². The van der Waals surface area contributed by atoms with Crippen molar-refractivity contribution in [1.82, 2.24) is 4.98 Å². The van der Waals surface area contributed by atoms with Crippen LogP contribution in [0.2, 0.25) is 0 Å². The van der Waals surface area contributed by atoms with Gasteiger partial charge in [-0.15, -0.1) is 0 Å². The van der Waals surface area contributed by atoms with Crippen molar-refractivity contribution in [3.63, 3.8) is 0 Å². The van der Waals surface area contributed by atoms with E-state index in [2.05, 4.69) is 11.9 Å². The first-order valence-electron chi connectivity index (χ1n) is 13.5. The van der Waals surface area contributed by atoms with Crippen molar-refractivity contribution in [2.24, 2.45) is 0 Å². The van der Waals surface area contributed by atoms with Crippen LogP contribution in [0, 0.1) is 0 Å². The average Bonchev–Trinajstić information content (AvgIpc) is 3.19. The number of hydrogen-bond donors (Lipinski definition) is 2. The van der Waals surface area contributed by atoms with Gasteiger partial charge >= 0.3 is 17.9 Å². The third-order valence-corrected chi connectivity index (χ3v) is 6.27. The molecule has 0 aliphatic carbocycles. The minimum atomic E-state index is -1.51. The van der Waals surface area contributed by atoms with Crippen LogP contribution in [0.1, 0.15) is 107 Å². The number of cyclic esters (lactones) is 1. The molecule has 2 rings (SSSR count). The van der Waals surface area contributed by atoms with Gasteiger partial charge < -0.3 is 24.4 Å². The quantitative estimate of drug-likeness (QED) is 0.142. The maximum atomic E-state index is 12.2. The highest BCUT2D eigenvalue weighted by molar-refractivity contribution is 5.93. The second-order valence-corrected chi connectivity index (χ2v) is 9.41. The van der Waals surface area contributed by atoms with Crippen LogP contribution in [0.3, 0.4) is 0 Å². The maximum Gasteiger partial charge on any atom is 0.378 e. The summed E-state index contributed by atoms with van der Waals surface area (Å²) < 4.78 is 15.1. The second-order valence-electron chi connectivity index (χ2n) is 9.41. The fraction of sp³-hybridized carbons (Fsp3) is 0.643. The molecule has 1 aromatic rings. The molecule has 0 bridgehead atoms. The van der Waals surface area contributed by atoms with Crippen LogP contribution in [0.5, 0.6) is 0 Å². The molecule has 0 saturated carbocycles. The summed E-state index contributed by atoms with van der Waals surface area (Å²) in [5.74, 6) is -3.95. The van der Waals surface area contributed by atoms with Crippen LogP contribution in [-0.4, -0.2) is 51.9 Å². The molecular weight excluding hydrogens is 478 g/mol. The number of aliphatic hydroxyl groups excluding tert-OH is 2. The lowest BCUT2D eigenvalue weighted by molar-refractivity contribution is -0.154. The molecule has 1 aliphatic rings. The molecular formula is C28H41NO8. The number of aliphatic hydroxyl groups is 2. The average molecular weight is 520 g/mol. The molecule has 0 aromatic carbocycles. The van der Waals surface area contributed by atoms with Gasteiger partial charge in [0.25, 0.3) is 0 Å². The number of hydrogen-bond acceptors (Lipinski definition) is 9. The number of rotatable bonds is 19. The Hall–Kier alpha value is -2.94. The van der Waals surface area contributed by atoms with Crippen molar-refractivity contribution >= 4 is 17.9 Å². The first-order valence-corrected chi connectivity index (χ1v) is 13.5. The fourth-order valence-corrected chi connectivity index (χ4v) is 4.09. The number of carbonyl (C=O) groups is 3. The molecule has 9 heteroatoms. The lowest BCUT2D eigenvalue weighted by Crippen LogP contribution is -2.34. The van der Waals surface area contributed by atoms with E-state index in [1.54, 1.807) is 0 Å². The highest BCUT2D eigenvalue weighted by Crippen LogP contribution is 2.26. The first-order chi connectivity index (χ1) is 17.9. The summed E-state index contributed by atoms with van der Waals surface area (Å²) in [6.07, 6.45) is 15.6. The zero-order chi connectivity index (χ0) is 26.9. The van der Waals surface area contributed by atoms with E-state index < -0.39 is 48.2 Å². The van der Waals surface area contributed by atoms with Crippen molar-refractivity contribution in [1.29, 1.82) is 0 Å². The van der Waals surface area contributed by atoms with E-state index in [9.17, 15) is 24.6 Å². The summed E-state index contributed by atoms with van der Waals surface area (Å²) >= 11 is 0. The summed E-state index contributed by atoms with van der Waals surface area (Å²) in [6.45, 7) is 1.76. The summed E-state index contributed by atoms with van der Waals surface area (Å²) in [4.78, 5) is 39.8. The number of esters is 3. The molecule has 2 heterocycles. The predicted molar refractivity (Wildman–Crippen MR) is 136 cm³/mol. The largest absolute Gasteiger partial charge is 0.499 e. The zero-order valence-electron chi connectivity index (χ0n) is 21.9. The van der Waals surface area contributed by atoms with Gasteiger partial charge in [-0.05, 0) is 18.6 Å². The van der Waals surface area contributed by atoms with Gasteiger partial charge in [-0.2, -0.15) is 0 Å². The standard InChI is InChI=1S/C28H41NO8/c1-2-3-4-5-6-7-8-9-10-11-12-13-14-17-23(31)35-20-22(30)25-26(24(32)28(34)36-25)37-27(33)21-16-15-18-29-19-21/h15-16,18-19,22,25,30,32H,2-14,17,20H2,1H3/t22-,25?/m1/s1. The van der Waals surface area contributed by atoms with Crippen molar-refractivity contribution in [3.8, 4) is 0 Å². The van der Waals surface area contributed by atoms with Gasteiger partial charge in [0.05, 0.1) is 5.56 Å². The number of pyridine rings is 1. The molecule has 206 valence electrons. The van der Waals surface area contributed by atoms with Crippen LogP contribution >= 0.6 is 0 Å². The number of unbranched alkanes of at least 4 members (excludes halogenated alkanes) is 12. The summed E-state index contributed by atoms with van der Waals surface area (Å²) in [6, 6.07) is 2.96. The van der Waals surface area contributed by atoms with E-state index in [4.69, 9.17) is 14.2 Å². The molecule has 37 heavy (non-hydrogen) atoms. The lowest BCUT2D eigenvalue weighted by atomic mass is 10.0. The minimum absolute atomic E-state index is 0.0830. The Morgan fingerprint density at radius 3 is 2.16 bits per heavy atom. The number of carbonyl (C=O) groups excluding carboxylic acids is 3. The molecule has 0 fully saturated rings. The van der Waals surface area contributed by atoms with E-state index in [0.29, 0.717) is 6.42 Å². The fourth-order valence-electron chi connectivity index (χ4n) is 4.09. The maximum absolute atomic E-state index is 12.2. The molecule has 2 atom stereocenters. The van der Waals surface area contributed by atoms with E-state index in [-0.39, 0.29) is 12.0 Å². The molecule has 1 aromatic heterocycles. The normalized spacial score (nSPS) is 15.9. The Morgan fingerprint density at radius 2 is 1.59 bits per heavy atom. The van der Waals surface area contributed by atoms with Crippen LogP contribution < -0.4 is 0 Å². The second kappa shape index (κ2) is 17.5. The number of ether oxygens (including phenoxy) is 3. The van der Waals surface area contributed by atoms with Crippen molar-refractivity contribution in [3.05, 3.63) is 41.6 Å². The molecule has 0 spiro atoms. The molecule has 0 amide bonds. The highest BCUT2D eigenvalue weighted by atomic mass is 16.6. The van der Waals surface area contributed by atoms with Crippen LogP contribution in [-0.2, 0) is 23.8 Å². The first kappa shape index (κ1) is 30.3. The third kappa shape index (κ3) is 11.3. The zero-order valence-corrected chi connectivity index (χ0v) is 21.9. The molecule has 1 aliphatic heterocycles. The Labute approximate surface area is 219 Å². The third-order valence-electron chi connectivity index (χ3n) is 6.27. The smallest absolute Gasteiger partial charge is 0.378 e. The van der Waals surface area contributed by atoms with Gasteiger partial charge in [-0.3, -0.25) is 9.78 Å². The number of aromatic nitrogens is 1. The predicted octanol–water partition coefficient (Wildman–Crippen LogP) is 5.32. The van der Waals surface area contributed by atoms with Crippen LogP contribution in [0.15, 0.2) is 36.0 Å². The van der Waals surface area contributed by atoms with Gasteiger partial charge in [0.1, 0.15) is 12.7 Å². The van der Waals surface area contributed by atoms with Crippen molar-refractivity contribution < 1.29 is 38.8 Å². The summed E-state index contributed by atoms with van der Waals surface area (Å²) in [7, 11) is 0. The Morgan fingerprint density at radius 1 is 1.00 bits per heavy atom. The molecule has 9 nitrogen and oxygen atoms in total. The molecule has 0 radical (unpaired) electrons. The van der Waals surface area contributed by atoms with Gasteiger partial charge in [0.2, 0.25) is 11.5 Å². The van der Waals surface area contributed by atoms with Gasteiger partial charge in [0, 0.05) is 18.8 Å². The van der Waals surface area contributed by atoms with E-state index in [0.717, 1.165) is 19.3 Å². The Balaban J connectivity index is 1.58. The Bertz CT molecular complexity index is 870. The minimum Gasteiger partial charge on any atom is -0.499 e. The SMILES string of the molecule is CCCCCCCCCCCCCCCC(=O)OC[C@@H](O)C1OC(=O)C(O)=C1OC(=O)c1cccnc1. The van der Waals surface area contributed by atoms with Gasteiger partial charge in [-0.1, -0.05) is 84.0 Å². The number of nitrogens with zero attached hydrogens (tertiary/aromatic N) is 1. The van der Waals surface area contributed by atoms with Crippen molar-refractivity contribution in [2.45, 2.75) is 109 Å². The highest BCUT2D eigenvalue weighted by Gasteiger charge is 2.42. The molecule has 0 saturated heterocycles. The van der Waals surface area contributed by atoms with E-state index >= 15 is 0 Å².